The van der Waals surface area contributed by atoms with Crippen molar-refractivity contribution >= 4 is 12.1 Å². The van der Waals surface area contributed by atoms with Gasteiger partial charge in [-0.25, -0.2) is 9.59 Å². The number of amides is 4. The van der Waals surface area contributed by atoms with Crippen LogP contribution in [0.1, 0.15) is 256 Å². The Kier molecular flexibility index (Phi) is 38.9. The number of nitrogens with one attached hydrogen (secondary N) is 4. The van der Waals surface area contributed by atoms with E-state index in [-0.39, 0.29) is 12.1 Å². The summed E-state index contributed by atoms with van der Waals surface area (Å²) in [6.45, 7) is 7.47. The molecule has 0 saturated carbocycles. The molecule has 2 aromatic rings. The molecule has 0 aromatic carbocycles. The summed E-state index contributed by atoms with van der Waals surface area (Å²) < 4.78 is 0. The third kappa shape index (κ3) is 35.1. The highest BCUT2D eigenvalue weighted by Crippen LogP contribution is 2.20. The SMILES string of the molecule is CCCCCCCCCCCCCCCCCCNC(=O)NCCCCc1ccnc(-c2cc(CCCCNC(=O)NCCCCCCCCCCCCCCCCCC)ccn2)c1. The zero-order chi connectivity index (χ0) is 45.6. The number of aromatic nitrogens is 2. The van der Waals surface area contributed by atoms with Gasteiger partial charge in [0.05, 0.1) is 11.4 Å². The van der Waals surface area contributed by atoms with Crippen molar-refractivity contribution in [3.63, 3.8) is 0 Å². The molecule has 0 aliphatic rings. The van der Waals surface area contributed by atoms with Crippen molar-refractivity contribution in [1.29, 1.82) is 0 Å². The Hall–Kier alpha value is -3.16. The average Bonchev–Trinajstić information content (AvgIpc) is 3.31. The lowest BCUT2D eigenvalue weighted by Crippen LogP contribution is -2.36. The van der Waals surface area contributed by atoms with Crippen LogP contribution in [0.15, 0.2) is 36.7 Å². The van der Waals surface area contributed by atoms with E-state index < -0.39 is 0 Å². The number of hydrogen-bond acceptors (Lipinski definition) is 4. The monoisotopic (exact) mass is 889 g/mol. The highest BCUT2D eigenvalue weighted by atomic mass is 16.2. The van der Waals surface area contributed by atoms with Crippen molar-refractivity contribution < 1.29 is 9.59 Å². The Labute approximate surface area is 394 Å². The van der Waals surface area contributed by atoms with Crippen LogP contribution in [-0.2, 0) is 12.8 Å². The van der Waals surface area contributed by atoms with E-state index in [0.717, 1.165) is 75.8 Å². The molecule has 0 bridgehead atoms. The molecule has 0 atom stereocenters. The molecule has 0 unspecified atom stereocenters. The normalized spacial score (nSPS) is 11.2. The van der Waals surface area contributed by atoms with E-state index in [4.69, 9.17) is 0 Å². The molecule has 8 heteroatoms. The van der Waals surface area contributed by atoms with Crippen LogP contribution in [0.2, 0.25) is 0 Å². The number of nitrogens with zero attached hydrogens (tertiary/aromatic N) is 2. The maximum atomic E-state index is 12.3. The Morgan fingerprint density at radius 2 is 0.578 bits per heavy atom. The molecule has 64 heavy (non-hydrogen) atoms. The summed E-state index contributed by atoms with van der Waals surface area (Å²) >= 11 is 0. The van der Waals surface area contributed by atoms with Gasteiger partial charge in [-0.1, -0.05) is 206 Å². The van der Waals surface area contributed by atoms with E-state index in [2.05, 4.69) is 69.3 Å². The van der Waals surface area contributed by atoms with Gasteiger partial charge in [0.15, 0.2) is 0 Å². The van der Waals surface area contributed by atoms with Gasteiger partial charge in [-0.2, -0.15) is 0 Å². The van der Waals surface area contributed by atoms with Gasteiger partial charge in [0, 0.05) is 38.6 Å². The second-order valence-corrected chi connectivity index (χ2v) is 19.0. The van der Waals surface area contributed by atoms with E-state index in [1.54, 1.807) is 0 Å². The molecule has 0 aliphatic heterocycles. The van der Waals surface area contributed by atoms with Crippen LogP contribution in [0.5, 0.6) is 0 Å². The van der Waals surface area contributed by atoms with E-state index >= 15 is 0 Å². The molecular weight excluding hydrogens is 789 g/mol. The predicted molar refractivity (Wildman–Crippen MR) is 275 cm³/mol. The molecule has 4 amide bonds. The summed E-state index contributed by atoms with van der Waals surface area (Å²) in [6.07, 6.45) is 53.0. The van der Waals surface area contributed by atoms with E-state index in [9.17, 15) is 9.59 Å². The summed E-state index contributed by atoms with van der Waals surface area (Å²) in [5, 5.41) is 12.1. The molecule has 366 valence electrons. The summed E-state index contributed by atoms with van der Waals surface area (Å²) in [5.74, 6) is 0. The smallest absolute Gasteiger partial charge is 0.314 e. The fourth-order valence-electron chi connectivity index (χ4n) is 8.73. The molecule has 0 aliphatic carbocycles. The first kappa shape index (κ1) is 57.0. The van der Waals surface area contributed by atoms with Crippen LogP contribution in [-0.4, -0.2) is 48.2 Å². The molecule has 8 nitrogen and oxygen atoms in total. The number of rotatable bonds is 45. The lowest BCUT2D eigenvalue weighted by Gasteiger charge is -2.09. The second kappa shape index (κ2) is 43.7. The highest BCUT2D eigenvalue weighted by molar-refractivity contribution is 5.74. The van der Waals surface area contributed by atoms with Crippen molar-refractivity contribution in [2.75, 3.05) is 26.2 Å². The number of urea groups is 2. The summed E-state index contributed by atoms with van der Waals surface area (Å²) in [4.78, 5) is 33.8. The van der Waals surface area contributed by atoms with Crippen LogP contribution >= 0.6 is 0 Å². The lowest BCUT2D eigenvalue weighted by atomic mass is 10.0. The van der Waals surface area contributed by atoms with Gasteiger partial charge in [-0.15, -0.1) is 0 Å². The van der Waals surface area contributed by atoms with Crippen molar-refractivity contribution in [2.45, 2.75) is 258 Å². The van der Waals surface area contributed by atoms with Gasteiger partial charge in [0.1, 0.15) is 0 Å². The van der Waals surface area contributed by atoms with Crippen LogP contribution in [0.25, 0.3) is 11.4 Å². The highest BCUT2D eigenvalue weighted by Gasteiger charge is 2.06. The van der Waals surface area contributed by atoms with Crippen molar-refractivity contribution in [2.24, 2.45) is 0 Å². The van der Waals surface area contributed by atoms with Crippen LogP contribution in [0, 0.1) is 0 Å². The second-order valence-electron chi connectivity index (χ2n) is 19.0. The summed E-state index contributed by atoms with van der Waals surface area (Å²) in [6, 6.07) is 8.36. The van der Waals surface area contributed by atoms with Gasteiger partial charge >= 0.3 is 12.1 Å². The first-order valence-corrected chi connectivity index (χ1v) is 27.6. The van der Waals surface area contributed by atoms with Gasteiger partial charge in [0.2, 0.25) is 0 Å². The third-order valence-corrected chi connectivity index (χ3v) is 12.9. The quantitative estimate of drug-likeness (QED) is 0.0497. The van der Waals surface area contributed by atoms with Crippen molar-refractivity contribution in [1.82, 2.24) is 31.2 Å². The minimum Gasteiger partial charge on any atom is -0.338 e. The van der Waals surface area contributed by atoms with E-state index in [0.29, 0.717) is 13.1 Å². The summed E-state index contributed by atoms with van der Waals surface area (Å²) in [7, 11) is 0. The number of carbonyl (C=O) groups excluding carboxylic acids is 2. The molecule has 2 heterocycles. The van der Waals surface area contributed by atoms with Crippen LogP contribution < -0.4 is 21.3 Å². The Morgan fingerprint density at radius 1 is 0.344 bits per heavy atom. The topological polar surface area (TPSA) is 108 Å². The standard InChI is InChI=1S/C56H100N6O2/c1-3-5-7-9-11-13-15-17-19-21-23-25-27-29-31-35-43-59-55(63)61-45-37-33-39-51-41-47-57-53(49-51)54-50-52(42-48-58-54)40-34-38-46-62-56(64)60-44-36-32-30-28-26-24-22-20-18-16-14-12-10-8-6-4-2/h41-42,47-50H,3-40,43-46H2,1-2H3,(H2,59,61,63)(H2,60,62,64). The first-order valence-electron chi connectivity index (χ1n) is 27.6. The third-order valence-electron chi connectivity index (χ3n) is 12.9. The predicted octanol–water partition coefficient (Wildman–Crippen LogP) is 15.9. The lowest BCUT2D eigenvalue weighted by molar-refractivity contribution is 0.239. The molecule has 0 fully saturated rings. The number of hydrogen-bond donors (Lipinski definition) is 4. The minimum atomic E-state index is -0.0456. The number of unbranched alkanes of at least 4 members (excludes halogenated alkanes) is 32. The number of pyridine rings is 2. The minimum absolute atomic E-state index is 0.0456. The molecule has 0 saturated heterocycles. The zero-order valence-corrected chi connectivity index (χ0v) is 41.9. The van der Waals surface area contributed by atoms with E-state index in [1.165, 1.54) is 204 Å². The van der Waals surface area contributed by atoms with Crippen molar-refractivity contribution in [3.05, 3.63) is 47.8 Å². The van der Waals surface area contributed by atoms with Crippen molar-refractivity contribution in [3.8, 4) is 11.4 Å². The van der Waals surface area contributed by atoms with Gasteiger partial charge in [-0.3, -0.25) is 9.97 Å². The fourth-order valence-corrected chi connectivity index (χ4v) is 8.73. The first-order chi connectivity index (χ1) is 31.6. The fraction of sp³-hybridized carbons (Fsp3) is 0.786. The van der Waals surface area contributed by atoms with Gasteiger partial charge in [-0.05, 0) is 86.8 Å². The van der Waals surface area contributed by atoms with Crippen LogP contribution in [0.3, 0.4) is 0 Å². The summed E-state index contributed by atoms with van der Waals surface area (Å²) in [5.41, 5.74) is 4.27. The van der Waals surface area contributed by atoms with E-state index in [1.807, 2.05) is 12.4 Å². The van der Waals surface area contributed by atoms with Gasteiger partial charge in [0.25, 0.3) is 0 Å². The molecule has 0 radical (unpaired) electrons. The molecule has 2 aromatic heterocycles. The Balaban J connectivity index is 1.40. The Morgan fingerprint density at radius 3 is 0.844 bits per heavy atom. The van der Waals surface area contributed by atoms with Crippen LogP contribution in [0.4, 0.5) is 9.59 Å². The number of carbonyl (C=O) groups is 2. The molecule has 2 rings (SSSR count). The number of aryl methyl sites for hydroxylation is 2. The average molecular weight is 889 g/mol. The Bertz CT molecular complexity index is 1250. The molecule has 4 N–H and O–H groups in total. The molecular formula is C56H100N6O2. The largest absolute Gasteiger partial charge is 0.338 e. The maximum absolute atomic E-state index is 12.3. The molecule has 0 spiro atoms. The maximum Gasteiger partial charge on any atom is 0.314 e. The van der Waals surface area contributed by atoms with Gasteiger partial charge < -0.3 is 21.3 Å². The zero-order valence-electron chi connectivity index (χ0n) is 41.9.